The number of rotatable bonds is 7. The second-order valence-corrected chi connectivity index (χ2v) is 9.70. The van der Waals surface area contributed by atoms with Gasteiger partial charge in [0.25, 0.3) is 5.91 Å². The Kier molecular flexibility index (Phi) is 6.37. The smallest absolute Gasteiger partial charge is 0.251 e. The number of hydrogen-bond donors (Lipinski definition) is 1. The third-order valence-corrected chi connectivity index (χ3v) is 6.84. The van der Waals surface area contributed by atoms with Gasteiger partial charge in [-0.3, -0.25) is 9.78 Å². The largest absolute Gasteiger partial charge is 0.441 e. The molecule has 2 heterocycles. The summed E-state index contributed by atoms with van der Waals surface area (Å²) >= 11 is 0. The topological polar surface area (TPSA) is 102 Å². The van der Waals surface area contributed by atoms with Gasteiger partial charge in [0.2, 0.25) is 5.89 Å². The number of amides is 1. The standard InChI is InChI=1S/C25H23N3O4S/c1-17-3-9-22(10-4-17)33(30,31)16-23-18(2)32-25(28-23)21-7-5-20(6-8-21)24(29)27-15-19-11-13-26-14-12-19/h3-14H,15-16H2,1-2H3,(H,27,29). The maximum Gasteiger partial charge on any atom is 0.251 e. The number of hydrogen-bond acceptors (Lipinski definition) is 6. The van der Waals surface area contributed by atoms with Gasteiger partial charge >= 0.3 is 0 Å². The van der Waals surface area contributed by atoms with Gasteiger partial charge in [-0.2, -0.15) is 0 Å². The van der Waals surface area contributed by atoms with Crippen LogP contribution in [0.25, 0.3) is 11.5 Å². The average Bonchev–Trinajstić information content (AvgIpc) is 3.18. The fraction of sp³-hybridized carbons (Fsp3) is 0.160. The van der Waals surface area contributed by atoms with Crippen molar-refractivity contribution in [2.75, 3.05) is 0 Å². The number of carbonyl (C=O) groups excluding carboxylic acids is 1. The van der Waals surface area contributed by atoms with E-state index in [9.17, 15) is 13.2 Å². The first-order valence-electron chi connectivity index (χ1n) is 10.3. The summed E-state index contributed by atoms with van der Waals surface area (Å²) in [5.41, 5.74) is 3.47. The number of nitrogens with zero attached hydrogens (tertiary/aromatic N) is 2. The number of aromatic nitrogens is 2. The van der Waals surface area contributed by atoms with E-state index in [0.29, 0.717) is 35.0 Å². The molecule has 4 aromatic rings. The van der Waals surface area contributed by atoms with Gasteiger partial charge in [0, 0.05) is 30.1 Å². The minimum Gasteiger partial charge on any atom is -0.441 e. The van der Waals surface area contributed by atoms with Crippen LogP contribution < -0.4 is 5.32 Å². The first-order valence-corrected chi connectivity index (χ1v) is 12.0. The maximum atomic E-state index is 12.8. The highest BCUT2D eigenvalue weighted by atomic mass is 32.2. The molecule has 0 unspecified atom stereocenters. The maximum absolute atomic E-state index is 12.8. The molecule has 2 aromatic heterocycles. The molecule has 0 aliphatic heterocycles. The molecule has 2 aromatic carbocycles. The molecule has 0 bridgehead atoms. The molecule has 8 heteroatoms. The van der Waals surface area contributed by atoms with Crippen molar-refractivity contribution in [3.8, 4) is 11.5 Å². The number of sulfone groups is 1. The van der Waals surface area contributed by atoms with Crippen molar-refractivity contribution in [1.29, 1.82) is 0 Å². The van der Waals surface area contributed by atoms with Crippen molar-refractivity contribution in [1.82, 2.24) is 15.3 Å². The summed E-state index contributed by atoms with van der Waals surface area (Å²) in [7, 11) is -3.55. The highest BCUT2D eigenvalue weighted by Gasteiger charge is 2.21. The second-order valence-electron chi connectivity index (χ2n) is 7.71. The lowest BCUT2D eigenvalue weighted by Crippen LogP contribution is -2.22. The van der Waals surface area contributed by atoms with Gasteiger partial charge in [-0.05, 0) is 67.9 Å². The predicted molar refractivity (Wildman–Crippen MR) is 124 cm³/mol. The molecule has 1 N–H and O–H groups in total. The highest BCUT2D eigenvalue weighted by molar-refractivity contribution is 7.90. The number of benzene rings is 2. The normalized spacial score (nSPS) is 11.3. The van der Waals surface area contributed by atoms with Crippen molar-refractivity contribution in [2.45, 2.75) is 31.0 Å². The van der Waals surface area contributed by atoms with Crippen LogP contribution in [0.15, 0.2) is 82.4 Å². The molecule has 7 nitrogen and oxygen atoms in total. The molecular weight excluding hydrogens is 438 g/mol. The minimum absolute atomic E-state index is 0.202. The quantitative estimate of drug-likeness (QED) is 0.441. The summed E-state index contributed by atoms with van der Waals surface area (Å²) in [6.45, 7) is 4.00. The van der Waals surface area contributed by atoms with E-state index in [2.05, 4.69) is 15.3 Å². The van der Waals surface area contributed by atoms with E-state index in [4.69, 9.17) is 4.42 Å². The van der Waals surface area contributed by atoms with Crippen LogP contribution in [-0.4, -0.2) is 24.3 Å². The summed E-state index contributed by atoms with van der Waals surface area (Å²) in [4.78, 5) is 21.0. The number of oxazole rings is 1. The van der Waals surface area contributed by atoms with Crippen molar-refractivity contribution in [2.24, 2.45) is 0 Å². The van der Waals surface area contributed by atoms with E-state index in [0.717, 1.165) is 11.1 Å². The van der Waals surface area contributed by atoms with E-state index in [1.54, 1.807) is 67.8 Å². The number of nitrogens with one attached hydrogen (secondary N) is 1. The van der Waals surface area contributed by atoms with Gasteiger partial charge < -0.3 is 9.73 Å². The Bertz CT molecular complexity index is 1360. The lowest BCUT2D eigenvalue weighted by Gasteiger charge is -2.05. The van der Waals surface area contributed by atoms with E-state index in [1.807, 2.05) is 19.1 Å². The third-order valence-electron chi connectivity index (χ3n) is 5.20. The summed E-state index contributed by atoms with van der Waals surface area (Å²) < 4.78 is 31.3. The molecule has 0 atom stereocenters. The number of pyridine rings is 1. The van der Waals surface area contributed by atoms with Gasteiger partial charge in [0.15, 0.2) is 9.84 Å². The minimum atomic E-state index is -3.55. The van der Waals surface area contributed by atoms with Crippen LogP contribution in [0.1, 0.15) is 32.9 Å². The molecule has 4 rings (SSSR count). The van der Waals surface area contributed by atoms with Crippen molar-refractivity contribution in [3.05, 3.63) is 101 Å². The van der Waals surface area contributed by atoms with Crippen molar-refractivity contribution in [3.63, 3.8) is 0 Å². The van der Waals surface area contributed by atoms with Crippen LogP contribution in [0.5, 0.6) is 0 Å². The first-order chi connectivity index (χ1) is 15.8. The van der Waals surface area contributed by atoms with Gasteiger partial charge in [-0.1, -0.05) is 17.7 Å². The van der Waals surface area contributed by atoms with E-state index in [-0.39, 0.29) is 16.6 Å². The zero-order valence-electron chi connectivity index (χ0n) is 18.3. The summed E-state index contributed by atoms with van der Waals surface area (Å²) in [6, 6.07) is 17.2. The molecule has 0 fully saturated rings. The van der Waals surface area contributed by atoms with Crippen LogP contribution in [-0.2, 0) is 22.1 Å². The van der Waals surface area contributed by atoms with E-state index >= 15 is 0 Å². The van der Waals surface area contributed by atoms with E-state index in [1.165, 1.54) is 0 Å². The van der Waals surface area contributed by atoms with Crippen LogP contribution in [0.4, 0.5) is 0 Å². The van der Waals surface area contributed by atoms with Gasteiger partial charge in [-0.15, -0.1) is 0 Å². The van der Waals surface area contributed by atoms with Crippen molar-refractivity contribution >= 4 is 15.7 Å². The molecule has 0 aliphatic carbocycles. The second kappa shape index (κ2) is 9.38. The molecule has 33 heavy (non-hydrogen) atoms. The molecule has 0 saturated carbocycles. The van der Waals surface area contributed by atoms with Crippen LogP contribution >= 0.6 is 0 Å². The SMILES string of the molecule is Cc1ccc(S(=O)(=O)Cc2nc(-c3ccc(C(=O)NCc4ccncc4)cc3)oc2C)cc1. The third kappa shape index (κ3) is 5.35. The summed E-state index contributed by atoms with van der Waals surface area (Å²) in [6.07, 6.45) is 3.35. The van der Waals surface area contributed by atoms with Crippen LogP contribution in [0.2, 0.25) is 0 Å². The molecule has 0 radical (unpaired) electrons. The monoisotopic (exact) mass is 461 g/mol. The predicted octanol–water partition coefficient (Wildman–Crippen LogP) is 4.26. The molecule has 0 spiro atoms. The lowest BCUT2D eigenvalue weighted by molar-refractivity contribution is 0.0951. The summed E-state index contributed by atoms with van der Waals surface area (Å²) in [5, 5.41) is 2.86. The molecule has 1 amide bonds. The molecular formula is C25H23N3O4S. The Labute approximate surface area is 192 Å². The van der Waals surface area contributed by atoms with Gasteiger partial charge in [-0.25, -0.2) is 13.4 Å². The Balaban J connectivity index is 1.46. The lowest BCUT2D eigenvalue weighted by atomic mass is 10.1. The number of aryl methyl sites for hydroxylation is 2. The zero-order chi connectivity index (χ0) is 23.4. The summed E-state index contributed by atoms with van der Waals surface area (Å²) in [5.74, 6) is 0.304. The van der Waals surface area contributed by atoms with Gasteiger partial charge in [0.05, 0.1) is 10.6 Å². The highest BCUT2D eigenvalue weighted by Crippen LogP contribution is 2.25. The van der Waals surface area contributed by atoms with Crippen molar-refractivity contribution < 1.29 is 17.6 Å². The Morgan fingerprint density at radius 3 is 2.27 bits per heavy atom. The molecule has 0 saturated heterocycles. The Morgan fingerprint density at radius 1 is 0.939 bits per heavy atom. The molecule has 0 aliphatic rings. The van der Waals surface area contributed by atoms with E-state index < -0.39 is 9.84 Å². The van der Waals surface area contributed by atoms with Gasteiger partial charge in [0.1, 0.15) is 11.5 Å². The fourth-order valence-electron chi connectivity index (χ4n) is 3.24. The van der Waals surface area contributed by atoms with Crippen LogP contribution in [0, 0.1) is 13.8 Å². The Hall–Kier alpha value is -3.78. The first kappa shape index (κ1) is 22.4. The Morgan fingerprint density at radius 2 is 1.61 bits per heavy atom. The number of carbonyl (C=O) groups is 1. The fourth-order valence-corrected chi connectivity index (χ4v) is 4.59. The molecule has 168 valence electrons. The van der Waals surface area contributed by atoms with Crippen LogP contribution in [0.3, 0.4) is 0 Å². The average molecular weight is 462 g/mol. The zero-order valence-corrected chi connectivity index (χ0v) is 19.1.